The van der Waals surface area contributed by atoms with Crippen molar-refractivity contribution in [2.75, 3.05) is 0 Å². The molecule has 1 amide bonds. The molecule has 0 saturated heterocycles. The van der Waals surface area contributed by atoms with Crippen LogP contribution in [0.4, 0.5) is 0 Å². The Hall–Kier alpha value is -2.59. The number of halogens is 1. The minimum Gasteiger partial charge on any atom is -0.441 e. The van der Waals surface area contributed by atoms with Gasteiger partial charge < -0.3 is 9.73 Å². The zero-order valence-electron chi connectivity index (χ0n) is 15.5. The molecule has 0 aliphatic rings. The molecule has 0 aliphatic carbocycles. The highest BCUT2D eigenvalue weighted by Crippen LogP contribution is 2.22. The topological polar surface area (TPSA) is 55.1 Å². The van der Waals surface area contributed by atoms with Crippen LogP contribution in [0.15, 0.2) is 59.1 Å². The van der Waals surface area contributed by atoms with Crippen LogP contribution in [0.3, 0.4) is 0 Å². The van der Waals surface area contributed by atoms with Crippen LogP contribution >= 0.6 is 11.6 Å². The van der Waals surface area contributed by atoms with Crippen molar-refractivity contribution in [2.45, 2.75) is 39.2 Å². The Labute approximate surface area is 164 Å². The maximum atomic E-state index is 12.3. The van der Waals surface area contributed by atoms with Gasteiger partial charge in [-0.05, 0) is 31.0 Å². The quantitative estimate of drug-likeness (QED) is 0.586. The van der Waals surface area contributed by atoms with E-state index in [-0.39, 0.29) is 11.9 Å². The third-order valence-corrected chi connectivity index (χ3v) is 4.72. The molecule has 3 rings (SSSR count). The summed E-state index contributed by atoms with van der Waals surface area (Å²) in [4.78, 5) is 16.6. The molecule has 1 unspecified atom stereocenters. The first-order chi connectivity index (χ1) is 13.0. The highest BCUT2D eigenvalue weighted by Gasteiger charge is 2.14. The molecule has 5 heteroatoms. The van der Waals surface area contributed by atoms with E-state index in [1.807, 2.05) is 62.4 Å². The minimum absolute atomic E-state index is 0.0214. The molecule has 140 valence electrons. The van der Waals surface area contributed by atoms with Gasteiger partial charge in [0.25, 0.3) is 0 Å². The van der Waals surface area contributed by atoms with Gasteiger partial charge in [-0.25, -0.2) is 4.98 Å². The number of carbonyl (C=O) groups excluding carboxylic acids is 1. The Morgan fingerprint density at radius 2 is 1.85 bits per heavy atom. The van der Waals surface area contributed by atoms with Gasteiger partial charge in [-0.3, -0.25) is 4.79 Å². The van der Waals surface area contributed by atoms with Gasteiger partial charge in [0.1, 0.15) is 0 Å². The van der Waals surface area contributed by atoms with E-state index in [4.69, 9.17) is 16.0 Å². The van der Waals surface area contributed by atoms with Crippen LogP contribution < -0.4 is 5.32 Å². The lowest BCUT2D eigenvalue weighted by Crippen LogP contribution is -2.28. The maximum Gasteiger partial charge on any atom is 0.220 e. The first-order valence-electron chi connectivity index (χ1n) is 9.11. The van der Waals surface area contributed by atoms with Crippen molar-refractivity contribution in [3.05, 3.63) is 76.8 Å². The second-order valence-electron chi connectivity index (χ2n) is 6.56. The molecule has 1 aromatic heterocycles. The average molecular weight is 383 g/mol. The Balaban J connectivity index is 1.55. The zero-order chi connectivity index (χ0) is 19.2. The molecule has 0 aliphatic heterocycles. The second-order valence-corrected chi connectivity index (χ2v) is 7.00. The predicted octanol–water partition coefficient (Wildman–Crippen LogP) is 5.50. The molecule has 0 radical (unpaired) electrons. The molecular formula is C22H23ClN2O2. The molecule has 0 saturated carbocycles. The number of rotatable bonds is 7. The van der Waals surface area contributed by atoms with Gasteiger partial charge in [0.2, 0.25) is 5.91 Å². The van der Waals surface area contributed by atoms with E-state index in [2.05, 4.69) is 10.3 Å². The van der Waals surface area contributed by atoms with Crippen molar-refractivity contribution in [1.29, 1.82) is 0 Å². The number of aromatic nitrogens is 1. The molecule has 27 heavy (non-hydrogen) atoms. The maximum absolute atomic E-state index is 12.3. The lowest BCUT2D eigenvalue weighted by Gasteiger charge is -2.17. The summed E-state index contributed by atoms with van der Waals surface area (Å²) in [5, 5.41) is 3.75. The molecule has 0 fully saturated rings. The van der Waals surface area contributed by atoms with Gasteiger partial charge in [0.05, 0.1) is 12.2 Å². The van der Waals surface area contributed by atoms with Crippen LogP contribution in [-0.2, 0) is 11.2 Å². The summed E-state index contributed by atoms with van der Waals surface area (Å²) < 4.78 is 5.78. The number of hydrogen-bond donors (Lipinski definition) is 1. The first kappa shape index (κ1) is 19.2. The van der Waals surface area contributed by atoms with Gasteiger partial charge in [-0.15, -0.1) is 0 Å². The van der Waals surface area contributed by atoms with Crippen LogP contribution in [0, 0.1) is 6.92 Å². The number of nitrogens with zero attached hydrogens (tertiary/aromatic N) is 1. The normalized spacial score (nSPS) is 12.0. The van der Waals surface area contributed by atoms with Crippen LogP contribution in [0.1, 0.15) is 42.8 Å². The van der Waals surface area contributed by atoms with E-state index in [9.17, 15) is 4.79 Å². The number of amides is 1. The SMILES string of the molecule is CCC(NC(=O)CCc1ncc(-c2ccc(C)cc2)o1)c1ccc(Cl)cc1. The van der Waals surface area contributed by atoms with Crippen LogP contribution in [0.2, 0.25) is 5.02 Å². The third kappa shape index (κ3) is 5.20. The predicted molar refractivity (Wildman–Crippen MR) is 108 cm³/mol. The molecule has 0 bridgehead atoms. The summed E-state index contributed by atoms with van der Waals surface area (Å²) >= 11 is 5.93. The summed E-state index contributed by atoms with van der Waals surface area (Å²) in [6.07, 6.45) is 3.32. The van der Waals surface area contributed by atoms with Crippen molar-refractivity contribution >= 4 is 17.5 Å². The number of hydrogen-bond acceptors (Lipinski definition) is 3. The Bertz CT molecular complexity index is 885. The highest BCUT2D eigenvalue weighted by atomic mass is 35.5. The van der Waals surface area contributed by atoms with Crippen LogP contribution in [0.5, 0.6) is 0 Å². The zero-order valence-corrected chi connectivity index (χ0v) is 16.3. The summed E-state index contributed by atoms with van der Waals surface area (Å²) in [7, 11) is 0. The van der Waals surface area contributed by atoms with Gasteiger partial charge >= 0.3 is 0 Å². The monoisotopic (exact) mass is 382 g/mol. The fourth-order valence-corrected chi connectivity index (χ4v) is 3.01. The lowest BCUT2D eigenvalue weighted by atomic mass is 10.0. The third-order valence-electron chi connectivity index (χ3n) is 4.47. The Morgan fingerprint density at radius 1 is 1.15 bits per heavy atom. The van der Waals surface area contributed by atoms with Crippen molar-refractivity contribution in [3.63, 3.8) is 0 Å². The van der Waals surface area contributed by atoms with E-state index >= 15 is 0 Å². The van der Waals surface area contributed by atoms with Crippen molar-refractivity contribution < 1.29 is 9.21 Å². The van der Waals surface area contributed by atoms with Crippen LogP contribution in [-0.4, -0.2) is 10.9 Å². The standard InChI is InChI=1S/C22H23ClN2O2/c1-3-19(16-8-10-18(23)11-9-16)25-21(26)12-13-22-24-14-20(27-22)17-6-4-15(2)5-7-17/h4-11,14,19H,3,12-13H2,1-2H3,(H,25,26). The molecule has 1 heterocycles. The van der Waals surface area contributed by atoms with Gasteiger partial charge in [0.15, 0.2) is 11.7 Å². The van der Waals surface area contributed by atoms with E-state index in [1.54, 1.807) is 6.20 Å². The van der Waals surface area contributed by atoms with Gasteiger partial charge in [0, 0.05) is 23.4 Å². The molecular weight excluding hydrogens is 360 g/mol. The Morgan fingerprint density at radius 3 is 2.52 bits per heavy atom. The molecule has 4 nitrogen and oxygen atoms in total. The summed E-state index contributed by atoms with van der Waals surface area (Å²) in [6, 6.07) is 15.6. The molecule has 1 atom stereocenters. The minimum atomic E-state index is -0.0255. The highest BCUT2D eigenvalue weighted by molar-refractivity contribution is 6.30. The average Bonchev–Trinajstić information content (AvgIpc) is 3.15. The number of aryl methyl sites for hydroxylation is 2. The molecule has 3 aromatic rings. The van der Waals surface area contributed by atoms with E-state index in [0.717, 1.165) is 23.3 Å². The second kappa shape index (κ2) is 8.87. The lowest BCUT2D eigenvalue weighted by molar-refractivity contribution is -0.121. The largest absolute Gasteiger partial charge is 0.441 e. The number of benzene rings is 2. The van der Waals surface area contributed by atoms with Gasteiger partial charge in [-0.1, -0.05) is 60.5 Å². The number of oxazole rings is 1. The molecule has 2 aromatic carbocycles. The summed E-state index contributed by atoms with van der Waals surface area (Å²) in [6.45, 7) is 4.09. The van der Waals surface area contributed by atoms with E-state index in [0.29, 0.717) is 23.8 Å². The fourth-order valence-electron chi connectivity index (χ4n) is 2.88. The molecule has 0 spiro atoms. The van der Waals surface area contributed by atoms with Gasteiger partial charge in [-0.2, -0.15) is 0 Å². The fraction of sp³-hybridized carbons (Fsp3) is 0.273. The van der Waals surface area contributed by atoms with Crippen molar-refractivity contribution in [1.82, 2.24) is 10.3 Å². The van der Waals surface area contributed by atoms with Crippen molar-refractivity contribution in [2.24, 2.45) is 0 Å². The van der Waals surface area contributed by atoms with Crippen molar-refractivity contribution in [3.8, 4) is 11.3 Å². The van der Waals surface area contributed by atoms with E-state index in [1.165, 1.54) is 5.56 Å². The summed E-state index contributed by atoms with van der Waals surface area (Å²) in [5.41, 5.74) is 3.23. The van der Waals surface area contributed by atoms with E-state index < -0.39 is 0 Å². The van der Waals surface area contributed by atoms with Crippen LogP contribution in [0.25, 0.3) is 11.3 Å². The summed E-state index contributed by atoms with van der Waals surface area (Å²) in [5.74, 6) is 1.27. The Kier molecular flexibility index (Phi) is 6.30. The smallest absolute Gasteiger partial charge is 0.220 e. The molecule has 1 N–H and O–H groups in total. The number of carbonyl (C=O) groups is 1. The first-order valence-corrected chi connectivity index (χ1v) is 9.49. The number of nitrogens with one attached hydrogen (secondary N) is 1.